The van der Waals surface area contributed by atoms with Crippen LogP contribution in [0.2, 0.25) is 0 Å². The van der Waals surface area contributed by atoms with Gasteiger partial charge in [-0.2, -0.15) is 0 Å². The van der Waals surface area contributed by atoms with Gasteiger partial charge >= 0.3 is 0 Å². The van der Waals surface area contributed by atoms with Gasteiger partial charge in [0.15, 0.2) is 0 Å². The minimum absolute atomic E-state index is 0.00970. The lowest BCUT2D eigenvalue weighted by Crippen LogP contribution is -2.42. The van der Waals surface area contributed by atoms with Crippen LogP contribution in [0, 0.1) is 5.82 Å². The van der Waals surface area contributed by atoms with Gasteiger partial charge in [0, 0.05) is 17.6 Å². The number of carbonyl (C=O) groups excluding carboxylic acids is 1. The molecule has 0 aliphatic heterocycles. The van der Waals surface area contributed by atoms with E-state index in [9.17, 15) is 14.3 Å². The molecule has 0 radical (unpaired) electrons. The fourth-order valence-corrected chi connectivity index (χ4v) is 1.99. The summed E-state index contributed by atoms with van der Waals surface area (Å²) in [6.07, 6.45) is 0. The van der Waals surface area contributed by atoms with Crippen molar-refractivity contribution in [2.24, 2.45) is 0 Å². The van der Waals surface area contributed by atoms with E-state index in [-0.39, 0.29) is 12.1 Å². The van der Waals surface area contributed by atoms with Crippen LogP contribution in [-0.2, 0) is 0 Å². The number of amides is 1. The second-order valence-corrected chi connectivity index (χ2v) is 5.67. The molecule has 100 valence electrons. The first kappa shape index (κ1) is 15.1. The molecule has 0 heterocycles. The van der Waals surface area contributed by atoms with Gasteiger partial charge in [-0.15, -0.1) is 0 Å². The number of rotatable bonds is 4. The molecule has 0 aliphatic rings. The van der Waals surface area contributed by atoms with Crippen LogP contribution in [0.1, 0.15) is 31.1 Å². The molecule has 1 N–H and O–H groups in total. The zero-order chi connectivity index (χ0) is 13.9. The summed E-state index contributed by atoms with van der Waals surface area (Å²) in [5.41, 5.74) is -0.996. The number of benzene rings is 1. The fraction of sp³-hybridized carbons (Fsp3) is 0.462. The van der Waals surface area contributed by atoms with Crippen molar-refractivity contribution in [2.75, 3.05) is 13.1 Å². The number of aliphatic hydroxyl groups is 1. The van der Waals surface area contributed by atoms with E-state index in [2.05, 4.69) is 15.9 Å². The predicted octanol–water partition coefficient (Wildman–Crippen LogP) is 2.82. The Balaban J connectivity index is 3.00. The average Bonchev–Trinajstić information content (AvgIpc) is 2.27. The Morgan fingerprint density at radius 1 is 1.50 bits per heavy atom. The van der Waals surface area contributed by atoms with Crippen LogP contribution in [0.3, 0.4) is 0 Å². The highest BCUT2D eigenvalue weighted by Crippen LogP contribution is 2.18. The van der Waals surface area contributed by atoms with Crippen molar-refractivity contribution < 1.29 is 14.3 Å². The second kappa shape index (κ2) is 5.80. The summed E-state index contributed by atoms with van der Waals surface area (Å²) >= 11 is 3.21. The number of carbonyl (C=O) groups is 1. The number of hydrogen-bond donors (Lipinski definition) is 1. The molecule has 1 aromatic rings. The maximum atomic E-state index is 13.6. The largest absolute Gasteiger partial charge is 0.389 e. The maximum Gasteiger partial charge on any atom is 0.256 e. The summed E-state index contributed by atoms with van der Waals surface area (Å²) in [4.78, 5) is 13.6. The van der Waals surface area contributed by atoms with Gasteiger partial charge in [0.05, 0.1) is 11.2 Å². The average molecular weight is 318 g/mol. The lowest BCUT2D eigenvalue weighted by molar-refractivity contribution is 0.0312. The van der Waals surface area contributed by atoms with Crippen LogP contribution in [0.15, 0.2) is 22.7 Å². The Morgan fingerprint density at radius 2 is 2.11 bits per heavy atom. The normalized spacial score (nSPS) is 11.4. The van der Waals surface area contributed by atoms with Gasteiger partial charge in [-0.25, -0.2) is 4.39 Å². The van der Waals surface area contributed by atoms with Gasteiger partial charge < -0.3 is 10.0 Å². The first-order chi connectivity index (χ1) is 8.24. The van der Waals surface area contributed by atoms with E-state index in [1.807, 2.05) is 0 Å². The molecule has 0 spiro atoms. The molecular weight excluding hydrogens is 301 g/mol. The Labute approximate surface area is 115 Å². The molecule has 0 saturated heterocycles. The molecule has 18 heavy (non-hydrogen) atoms. The van der Waals surface area contributed by atoms with Gasteiger partial charge in [-0.3, -0.25) is 4.79 Å². The minimum Gasteiger partial charge on any atom is -0.389 e. The Hall–Kier alpha value is -0.940. The zero-order valence-electron chi connectivity index (χ0n) is 10.7. The van der Waals surface area contributed by atoms with E-state index in [4.69, 9.17) is 0 Å². The number of likely N-dealkylation sites (N-methyl/N-ethyl adjacent to an activating group) is 1. The van der Waals surface area contributed by atoms with Crippen molar-refractivity contribution >= 4 is 21.8 Å². The molecule has 0 aliphatic carbocycles. The summed E-state index contributed by atoms with van der Waals surface area (Å²) in [7, 11) is 0. The van der Waals surface area contributed by atoms with E-state index in [1.165, 1.54) is 17.0 Å². The van der Waals surface area contributed by atoms with E-state index in [0.717, 1.165) is 0 Å². The quantitative estimate of drug-likeness (QED) is 0.927. The van der Waals surface area contributed by atoms with Crippen LogP contribution in [0.4, 0.5) is 4.39 Å². The molecular formula is C13H17BrFNO2. The SMILES string of the molecule is CCN(CC(C)(C)O)C(=O)c1cc(Br)ccc1F. The van der Waals surface area contributed by atoms with Crippen molar-refractivity contribution in [3.63, 3.8) is 0 Å². The van der Waals surface area contributed by atoms with E-state index >= 15 is 0 Å². The summed E-state index contributed by atoms with van der Waals surface area (Å²) in [5, 5.41) is 9.74. The zero-order valence-corrected chi connectivity index (χ0v) is 12.3. The third kappa shape index (κ3) is 4.07. The van der Waals surface area contributed by atoms with Crippen LogP contribution in [-0.4, -0.2) is 34.6 Å². The molecule has 1 aromatic carbocycles. The van der Waals surface area contributed by atoms with Crippen LogP contribution < -0.4 is 0 Å². The number of halogens is 2. The predicted molar refractivity (Wildman–Crippen MR) is 72.0 cm³/mol. The van der Waals surface area contributed by atoms with Gasteiger partial charge in [0.25, 0.3) is 5.91 Å². The van der Waals surface area contributed by atoms with Crippen LogP contribution in [0.25, 0.3) is 0 Å². The van der Waals surface area contributed by atoms with E-state index < -0.39 is 17.3 Å². The van der Waals surface area contributed by atoms with Crippen molar-refractivity contribution in [3.8, 4) is 0 Å². The minimum atomic E-state index is -1.01. The van der Waals surface area contributed by atoms with Gasteiger partial charge in [-0.05, 0) is 39.0 Å². The second-order valence-electron chi connectivity index (χ2n) is 4.76. The van der Waals surface area contributed by atoms with Crippen molar-refractivity contribution in [3.05, 3.63) is 34.1 Å². The van der Waals surface area contributed by atoms with Crippen molar-refractivity contribution in [2.45, 2.75) is 26.4 Å². The van der Waals surface area contributed by atoms with Crippen LogP contribution in [0.5, 0.6) is 0 Å². The standard InChI is InChI=1S/C13H17BrFNO2/c1-4-16(8-13(2,3)18)12(17)10-7-9(14)5-6-11(10)15/h5-7,18H,4,8H2,1-3H3. The monoisotopic (exact) mass is 317 g/mol. The number of hydrogen-bond acceptors (Lipinski definition) is 2. The third-order valence-corrected chi connectivity index (χ3v) is 2.90. The number of nitrogens with zero attached hydrogens (tertiary/aromatic N) is 1. The van der Waals surface area contributed by atoms with Crippen LogP contribution >= 0.6 is 15.9 Å². The topological polar surface area (TPSA) is 40.5 Å². The molecule has 3 nitrogen and oxygen atoms in total. The molecule has 0 fully saturated rings. The fourth-order valence-electron chi connectivity index (χ4n) is 1.63. The molecule has 5 heteroatoms. The molecule has 0 aromatic heterocycles. The van der Waals surface area contributed by atoms with E-state index in [1.54, 1.807) is 26.8 Å². The first-order valence-electron chi connectivity index (χ1n) is 5.71. The lowest BCUT2D eigenvalue weighted by Gasteiger charge is -2.28. The Kier molecular flexibility index (Phi) is 4.87. The summed E-state index contributed by atoms with van der Waals surface area (Å²) < 4.78 is 14.3. The Morgan fingerprint density at radius 3 is 2.61 bits per heavy atom. The summed E-state index contributed by atoms with van der Waals surface area (Å²) in [5.74, 6) is -0.976. The summed E-state index contributed by atoms with van der Waals surface area (Å²) in [6, 6.07) is 4.23. The smallest absolute Gasteiger partial charge is 0.256 e. The summed E-state index contributed by atoms with van der Waals surface area (Å²) in [6.45, 7) is 5.59. The van der Waals surface area contributed by atoms with Crippen molar-refractivity contribution in [1.29, 1.82) is 0 Å². The third-order valence-electron chi connectivity index (χ3n) is 2.41. The molecule has 1 amide bonds. The van der Waals surface area contributed by atoms with Gasteiger partial charge in [0.1, 0.15) is 5.82 Å². The highest BCUT2D eigenvalue weighted by Gasteiger charge is 2.24. The van der Waals surface area contributed by atoms with Gasteiger partial charge in [-0.1, -0.05) is 15.9 Å². The molecule has 0 saturated carbocycles. The van der Waals surface area contributed by atoms with Gasteiger partial charge in [0.2, 0.25) is 0 Å². The maximum absolute atomic E-state index is 13.6. The first-order valence-corrected chi connectivity index (χ1v) is 6.50. The van der Waals surface area contributed by atoms with E-state index in [0.29, 0.717) is 11.0 Å². The van der Waals surface area contributed by atoms with Crippen molar-refractivity contribution in [1.82, 2.24) is 4.90 Å². The molecule has 0 atom stereocenters. The Bertz CT molecular complexity index is 443. The molecule has 0 unspecified atom stereocenters. The molecule has 0 bridgehead atoms. The highest BCUT2D eigenvalue weighted by atomic mass is 79.9. The molecule has 1 rings (SSSR count). The lowest BCUT2D eigenvalue weighted by atomic mass is 10.1. The highest BCUT2D eigenvalue weighted by molar-refractivity contribution is 9.10.